The Hall–Kier alpha value is -1.91. The Morgan fingerprint density at radius 3 is 1.92 bits per heavy atom. The Morgan fingerprint density at radius 1 is 0.960 bits per heavy atom. The molecule has 0 fully saturated rings. The Kier molecular flexibility index (Phi) is 3.75. The third kappa shape index (κ3) is 3.55. The average molecular weight is 390 g/mol. The van der Waals surface area contributed by atoms with E-state index in [4.69, 9.17) is 9.47 Å². The van der Waals surface area contributed by atoms with Crippen LogP contribution in [0.15, 0.2) is 11.1 Å². The van der Waals surface area contributed by atoms with Gasteiger partial charge >= 0.3 is 10.2 Å². The van der Waals surface area contributed by atoms with Crippen molar-refractivity contribution >= 4 is 21.1 Å². The van der Waals surface area contributed by atoms with Gasteiger partial charge in [0.2, 0.25) is 5.03 Å². The van der Waals surface area contributed by atoms with E-state index >= 15 is 0 Å². The van der Waals surface area contributed by atoms with Crippen molar-refractivity contribution in [3.8, 4) is 11.5 Å². The van der Waals surface area contributed by atoms with Gasteiger partial charge in [-0.25, -0.2) is 14.4 Å². The normalized spacial score (nSPS) is 15.6. The molecular formula is C14H16F6N2O2S. The second kappa shape index (κ2) is 4.83. The molecule has 0 aliphatic carbocycles. The molecule has 2 rings (SSSR count). The van der Waals surface area contributed by atoms with Crippen molar-refractivity contribution < 1.29 is 33.3 Å². The minimum Gasteiger partial charge on any atom is -0.493 e. The molecule has 0 atom stereocenters. The van der Waals surface area contributed by atoms with E-state index in [2.05, 4.69) is 9.97 Å². The van der Waals surface area contributed by atoms with Crippen molar-refractivity contribution in [2.24, 2.45) is 0 Å². The fourth-order valence-electron chi connectivity index (χ4n) is 2.13. The van der Waals surface area contributed by atoms with E-state index < -0.39 is 54.7 Å². The van der Waals surface area contributed by atoms with E-state index in [1.54, 1.807) is 0 Å². The molecule has 0 amide bonds. The number of rotatable bonds is 3. The monoisotopic (exact) mass is 390 g/mol. The third-order valence-electron chi connectivity index (χ3n) is 3.28. The van der Waals surface area contributed by atoms with Crippen molar-refractivity contribution in [2.75, 3.05) is 14.2 Å². The molecule has 0 unspecified atom stereocenters. The minimum atomic E-state index is -10.2. The SMILES string of the molecule is COc1cc2c(S(F)(F)(F)(F)F)nc(C(C)(C)C)nc2c(F)c1OC. The maximum atomic E-state index is 14.6. The summed E-state index contributed by atoms with van der Waals surface area (Å²) < 4.78 is 91.7. The van der Waals surface area contributed by atoms with E-state index in [-0.39, 0.29) is 0 Å². The molecule has 1 aromatic carbocycles. The van der Waals surface area contributed by atoms with Crippen LogP contribution in [-0.4, -0.2) is 24.2 Å². The quantitative estimate of drug-likeness (QED) is 0.495. The third-order valence-corrected chi connectivity index (χ3v) is 4.32. The smallest absolute Gasteiger partial charge is 0.326 e. The van der Waals surface area contributed by atoms with Crippen LogP contribution in [0.2, 0.25) is 0 Å². The van der Waals surface area contributed by atoms with Crippen molar-refractivity contribution in [1.29, 1.82) is 0 Å². The van der Waals surface area contributed by atoms with Crippen LogP contribution in [0.1, 0.15) is 26.6 Å². The molecule has 0 aliphatic heterocycles. The first-order chi connectivity index (χ1) is 11.0. The van der Waals surface area contributed by atoms with Crippen LogP contribution in [0.25, 0.3) is 10.9 Å². The highest BCUT2D eigenvalue weighted by molar-refractivity contribution is 8.45. The summed E-state index contributed by atoms with van der Waals surface area (Å²) in [6.45, 7) is 4.26. The number of methoxy groups -OCH3 is 2. The molecule has 1 aromatic heterocycles. The van der Waals surface area contributed by atoms with Crippen molar-refractivity contribution in [3.05, 3.63) is 17.7 Å². The maximum Gasteiger partial charge on any atom is 0.326 e. The standard InChI is InChI=1S/C14H16F6N2O2S/c1-14(2,3)13-21-10-7(12(22-13)25(16,17,18,19)20)6-8(23-4)11(24-5)9(10)15/h6H,1-5H3. The summed E-state index contributed by atoms with van der Waals surface area (Å²) in [6.07, 6.45) is 0. The number of hydrogen-bond acceptors (Lipinski definition) is 4. The molecule has 0 bridgehead atoms. The molecule has 2 aromatic rings. The van der Waals surface area contributed by atoms with Gasteiger partial charge in [-0.1, -0.05) is 40.2 Å². The Bertz CT molecular complexity index is 862. The van der Waals surface area contributed by atoms with Gasteiger partial charge in [-0.05, 0) is 6.07 Å². The van der Waals surface area contributed by atoms with E-state index in [9.17, 15) is 23.8 Å². The van der Waals surface area contributed by atoms with Gasteiger partial charge in [-0.3, -0.25) is 0 Å². The maximum absolute atomic E-state index is 14.6. The van der Waals surface area contributed by atoms with Gasteiger partial charge in [0.25, 0.3) is 0 Å². The topological polar surface area (TPSA) is 44.2 Å². The lowest BCUT2D eigenvalue weighted by atomic mass is 9.95. The summed E-state index contributed by atoms with van der Waals surface area (Å²) in [5, 5.41) is -3.64. The molecule has 0 aliphatic rings. The van der Waals surface area contributed by atoms with Gasteiger partial charge in [0, 0.05) is 10.8 Å². The van der Waals surface area contributed by atoms with Gasteiger partial charge in [-0.15, -0.1) is 0 Å². The number of halogens is 6. The van der Waals surface area contributed by atoms with Crippen LogP contribution >= 0.6 is 10.2 Å². The molecule has 0 saturated heterocycles. The van der Waals surface area contributed by atoms with Gasteiger partial charge in [-0.2, -0.15) is 0 Å². The lowest BCUT2D eigenvalue weighted by Gasteiger charge is -2.40. The predicted molar refractivity (Wildman–Crippen MR) is 82.7 cm³/mol. The molecule has 142 valence electrons. The predicted octanol–water partition coefficient (Wildman–Crippen LogP) is 5.74. The molecule has 1 heterocycles. The molecular weight excluding hydrogens is 374 g/mol. The van der Waals surface area contributed by atoms with Gasteiger partial charge in [0.05, 0.1) is 14.2 Å². The van der Waals surface area contributed by atoms with Crippen LogP contribution in [0, 0.1) is 5.82 Å². The highest BCUT2D eigenvalue weighted by Crippen LogP contribution is 3.02. The van der Waals surface area contributed by atoms with Gasteiger partial charge in [0.15, 0.2) is 17.3 Å². The highest BCUT2D eigenvalue weighted by atomic mass is 32.5. The van der Waals surface area contributed by atoms with E-state index in [1.165, 1.54) is 20.8 Å². The first-order valence-corrected chi connectivity index (χ1v) is 8.81. The second-order valence-electron chi connectivity index (χ2n) is 6.39. The zero-order valence-corrected chi connectivity index (χ0v) is 14.8. The summed E-state index contributed by atoms with van der Waals surface area (Å²) in [4.78, 5) is 6.79. The van der Waals surface area contributed by atoms with E-state index in [0.29, 0.717) is 6.07 Å². The lowest BCUT2D eigenvalue weighted by Crippen LogP contribution is -2.20. The van der Waals surface area contributed by atoms with E-state index in [0.717, 1.165) is 14.2 Å². The van der Waals surface area contributed by atoms with Crippen LogP contribution in [0.5, 0.6) is 11.5 Å². The molecule has 11 heteroatoms. The molecule has 25 heavy (non-hydrogen) atoms. The number of fused-ring (bicyclic) bond motifs is 1. The molecule has 0 radical (unpaired) electrons. The minimum absolute atomic E-state index is 0.484. The highest BCUT2D eigenvalue weighted by Gasteiger charge is 2.68. The van der Waals surface area contributed by atoms with E-state index in [1.807, 2.05) is 0 Å². The number of benzene rings is 1. The Morgan fingerprint density at radius 2 is 1.52 bits per heavy atom. The largest absolute Gasteiger partial charge is 0.493 e. The Balaban J connectivity index is 3.14. The van der Waals surface area contributed by atoms with Gasteiger partial charge < -0.3 is 9.47 Å². The van der Waals surface area contributed by atoms with Crippen molar-refractivity contribution in [2.45, 2.75) is 31.2 Å². The number of hydrogen-bond donors (Lipinski definition) is 0. The number of ether oxygens (including phenoxy) is 2. The lowest BCUT2D eigenvalue weighted by molar-refractivity contribution is 0.338. The molecule has 0 saturated carbocycles. The number of aromatic nitrogens is 2. The van der Waals surface area contributed by atoms with Crippen molar-refractivity contribution in [3.63, 3.8) is 0 Å². The van der Waals surface area contributed by atoms with Crippen LogP contribution < -0.4 is 9.47 Å². The summed E-state index contributed by atoms with van der Waals surface area (Å²) in [6, 6.07) is 0.594. The summed E-state index contributed by atoms with van der Waals surface area (Å²) in [5.41, 5.74) is -2.05. The number of nitrogens with zero attached hydrogens (tertiary/aromatic N) is 2. The van der Waals surface area contributed by atoms with Gasteiger partial charge in [0.1, 0.15) is 11.3 Å². The van der Waals surface area contributed by atoms with Crippen LogP contribution in [0.3, 0.4) is 0 Å². The second-order valence-corrected chi connectivity index (χ2v) is 8.72. The summed E-state index contributed by atoms with van der Waals surface area (Å²) >= 11 is 0. The molecule has 0 N–H and O–H groups in total. The summed E-state index contributed by atoms with van der Waals surface area (Å²) in [5.74, 6) is -2.94. The first-order valence-electron chi connectivity index (χ1n) is 6.86. The first kappa shape index (κ1) is 19.4. The fourth-order valence-corrected chi connectivity index (χ4v) is 2.96. The van der Waals surface area contributed by atoms with Crippen LogP contribution in [-0.2, 0) is 5.41 Å². The Labute approximate surface area is 139 Å². The fraction of sp³-hybridized carbons (Fsp3) is 0.429. The zero-order chi connectivity index (χ0) is 19.5. The zero-order valence-electron chi connectivity index (χ0n) is 14.0. The molecule has 4 nitrogen and oxygen atoms in total. The van der Waals surface area contributed by atoms with Crippen LogP contribution in [0.4, 0.5) is 23.8 Å². The average Bonchev–Trinajstić information content (AvgIpc) is 2.42. The molecule has 0 spiro atoms. The van der Waals surface area contributed by atoms with Crippen molar-refractivity contribution in [1.82, 2.24) is 9.97 Å². The summed E-state index contributed by atoms with van der Waals surface area (Å²) in [7, 11) is -8.14.